The number of carbonyl (C=O) groups is 1. The molecule has 1 aromatic heterocycles. The Morgan fingerprint density at radius 3 is 2.73 bits per heavy atom. The Balaban J connectivity index is 1.60. The van der Waals surface area contributed by atoms with Crippen molar-refractivity contribution in [3.63, 3.8) is 0 Å². The molecule has 8 nitrogen and oxygen atoms in total. The van der Waals surface area contributed by atoms with Crippen molar-refractivity contribution in [2.75, 3.05) is 6.54 Å². The number of rotatable bonds is 6. The molecule has 1 heterocycles. The summed E-state index contributed by atoms with van der Waals surface area (Å²) in [6.07, 6.45) is 6.00. The first-order chi connectivity index (χ1) is 12.6. The van der Waals surface area contributed by atoms with Crippen LogP contribution in [0.4, 0.5) is 5.69 Å². The minimum Gasteiger partial charge on any atom is -0.350 e. The number of para-hydroxylation sites is 1. The zero-order valence-corrected chi connectivity index (χ0v) is 14.3. The van der Waals surface area contributed by atoms with E-state index < -0.39 is 10.8 Å². The Hall–Kier alpha value is -3.03. The molecule has 0 bridgehead atoms. The number of nitro benzene ring substituents is 1. The molecule has 1 N–H and O–H groups in total. The summed E-state index contributed by atoms with van der Waals surface area (Å²) in [6, 6.07) is 7.33. The second kappa shape index (κ2) is 7.90. The van der Waals surface area contributed by atoms with E-state index in [0.29, 0.717) is 5.92 Å². The maximum absolute atomic E-state index is 12.2. The van der Waals surface area contributed by atoms with Crippen LogP contribution in [0.2, 0.25) is 0 Å². The minimum absolute atomic E-state index is 0.000414. The van der Waals surface area contributed by atoms with Crippen LogP contribution in [0.1, 0.15) is 47.7 Å². The van der Waals surface area contributed by atoms with Crippen LogP contribution in [0.3, 0.4) is 0 Å². The standard InChI is InChI=1S/C18H20N4O4/c23-17-11-15(13-5-1-2-6-13)20-12-21(17)10-9-19-18(24)14-7-3-4-8-16(14)22(25)26/h3-4,7-8,11-13H,1-2,5-6,9-10H2,(H,19,24). The Morgan fingerprint density at radius 1 is 1.31 bits per heavy atom. The van der Waals surface area contributed by atoms with E-state index in [9.17, 15) is 19.7 Å². The fraction of sp³-hybridized carbons (Fsp3) is 0.389. The van der Waals surface area contributed by atoms with Crippen LogP contribution < -0.4 is 10.9 Å². The molecule has 1 fully saturated rings. The molecule has 0 radical (unpaired) electrons. The van der Waals surface area contributed by atoms with Crippen molar-refractivity contribution in [3.05, 3.63) is 68.4 Å². The number of aromatic nitrogens is 2. The fourth-order valence-corrected chi connectivity index (χ4v) is 3.26. The highest BCUT2D eigenvalue weighted by atomic mass is 16.6. The van der Waals surface area contributed by atoms with Gasteiger partial charge in [0.15, 0.2) is 0 Å². The fourth-order valence-electron chi connectivity index (χ4n) is 3.26. The van der Waals surface area contributed by atoms with Crippen LogP contribution in [0.5, 0.6) is 0 Å². The third kappa shape index (κ3) is 3.96. The lowest BCUT2D eigenvalue weighted by molar-refractivity contribution is -0.385. The van der Waals surface area contributed by atoms with Gasteiger partial charge in [-0.15, -0.1) is 0 Å². The molecule has 2 aromatic rings. The third-order valence-electron chi connectivity index (χ3n) is 4.66. The van der Waals surface area contributed by atoms with E-state index in [2.05, 4.69) is 10.3 Å². The van der Waals surface area contributed by atoms with E-state index >= 15 is 0 Å². The Labute approximate surface area is 150 Å². The molecule has 1 amide bonds. The van der Waals surface area contributed by atoms with E-state index in [0.717, 1.165) is 18.5 Å². The van der Waals surface area contributed by atoms with Crippen LogP contribution in [-0.4, -0.2) is 26.9 Å². The summed E-state index contributed by atoms with van der Waals surface area (Å²) in [5.74, 6) is -0.170. The average Bonchev–Trinajstić information content (AvgIpc) is 3.17. The van der Waals surface area contributed by atoms with Crippen LogP contribution in [-0.2, 0) is 6.54 Å². The molecule has 0 saturated heterocycles. The highest BCUT2D eigenvalue weighted by molar-refractivity contribution is 5.98. The van der Waals surface area contributed by atoms with E-state index in [1.54, 1.807) is 12.1 Å². The van der Waals surface area contributed by atoms with E-state index in [1.807, 2.05) is 0 Å². The van der Waals surface area contributed by atoms with Crippen LogP contribution in [0.15, 0.2) is 41.5 Å². The van der Waals surface area contributed by atoms with Crippen LogP contribution in [0, 0.1) is 10.1 Å². The van der Waals surface area contributed by atoms with Gasteiger partial charge >= 0.3 is 0 Å². The summed E-state index contributed by atoms with van der Waals surface area (Å²) >= 11 is 0. The summed E-state index contributed by atoms with van der Waals surface area (Å²) < 4.78 is 1.43. The van der Waals surface area contributed by atoms with Crippen LogP contribution in [0.25, 0.3) is 0 Å². The second-order valence-electron chi connectivity index (χ2n) is 6.36. The van der Waals surface area contributed by atoms with Crippen molar-refractivity contribution < 1.29 is 9.72 Å². The first-order valence-corrected chi connectivity index (χ1v) is 8.64. The summed E-state index contributed by atoms with van der Waals surface area (Å²) in [4.78, 5) is 39.1. The van der Waals surface area contributed by atoms with E-state index in [-0.39, 0.29) is 29.9 Å². The predicted octanol–water partition coefficient (Wildman–Crippen LogP) is 2.24. The predicted molar refractivity (Wildman–Crippen MR) is 95.1 cm³/mol. The first-order valence-electron chi connectivity index (χ1n) is 8.64. The van der Waals surface area contributed by atoms with Gasteiger partial charge in [0.05, 0.1) is 16.9 Å². The number of nitrogens with one attached hydrogen (secondary N) is 1. The maximum atomic E-state index is 12.2. The third-order valence-corrected chi connectivity index (χ3v) is 4.66. The quantitative estimate of drug-likeness (QED) is 0.631. The Morgan fingerprint density at radius 2 is 2.04 bits per heavy atom. The maximum Gasteiger partial charge on any atom is 0.282 e. The van der Waals surface area contributed by atoms with Crippen molar-refractivity contribution in [3.8, 4) is 0 Å². The smallest absolute Gasteiger partial charge is 0.282 e. The van der Waals surface area contributed by atoms with Gasteiger partial charge in [0, 0.05) is 31.1 Å². The Kier molecular flexibility index (Phi) is 5.40. The van der Waals surface area contributed by atoms with E-state index in [4.69, 9.17) is 0 Å². The normalized spacial score (nSPS) is 14.3. The minimum atomic E-state index is -0.592. The zero-order valence-electron chi connectivity index (χ0n) is 14.3. The van der Waals surface area contributed by atoms with Gasteiger partial charge in [-0.2, -0.15) is 0 Å². The van der Waals surface area contributed by atoms with Crippen LogP contribution >= 0.6 is 0 Å². The summed E-state index contributed by atoms with van der Waals surface area (Å²) in [5.41, 5.74) is 0.443. The number of nitro groups is 1. The van der Waals surface area contributed by atoms with Gasteiger partial charge in [0.2, 0.25) is 0 Å². The number of nitrogens with zero attached hydrogens (tertiary/aromatic N) is 3. The zero-order chi connectivity index (χ0) is 18.5. The highest BCUT2D eigenvalue weighted by Gasteiger charge is 2.20. The SMILES string of the molecule is O=C(NCCn1cnc(C2CCCC2)cc1=O)c1ccccc1[N+](=O)[O-]. The molecule has 3 rings (SSSR count). The number of hydrogen-bond donors (Lipinski definition) is 1. The average molecular weight is 356 g/mol. The number of benzene rings is 1. The molecule has 1 aliphatic rings. The highest BCUT2D eigenvalue weighted by Crippen LogP contribution is 2.32. The molecular weight excluding hydrogens is 336 g/mol. The molecule has 26 heavy (non-hydrogen) atoms. The molecule has 0 aliphatic heterocycles. The summed E-state index contributed by atoms with van der Waals surface area (Å²) in [7, 11) is 0. The van der Waals surface area contributed by atoms with Crippen molar-refractivity contribution >= 4 is 11.6 Å². The number of hydrogen-bond acceptors (Lipinski definition) is 5. The number of amides is 1. The molecule has 0 spiro atoms. The van der Waals surface area contributed by atoms with Gasteiger partial charge in [-0.05, 0) is 18.9 Å². The topological polar surface area (TPSA) is 107 Å². The number of carbonyl (C=O) groups excluding carboxylic acids is 1. The lowest BCUT2D eigenvalue weighted by Crippen LogP contribution is -2.31. The molecule has 1 saturated carbocycles. The molecule has 136 valence electrons. The summed E-state index contributed by atoms with van der Waals surface area (Å²) in [5, 5.41) is 13.6. The van der Waals surface area contributed by atoms with Crippen molar-refractivity contribution in [2.24, 2.45) is 0 Å². The first kappa shape index (κ1) is 17.8. The van der Waals surface area contributed by atoms with Gasteiger partial charge < -0.3 is 5.32 Å². The molecule has 0 unspecified atom stereocenters. The molecule has 1 aliphatic carbocycles. The van der Waals surface area contributed by atoms with Crippen molar-refractivity contribution in [1.29, 1.82) is 0 Å². The largest absolute Gasteiger partial charge is 0.350 e. The summed E-state index contributed by atoms with van der Waals surface area (Å²) in [6.45, 7) is 0.429. The Bertz CT molecular complexity index is 871. The van der Waals surface area contributed by atoms with Crippen molar-refractivity contribution in [1.82, 2.24) is 14.9 Å². The molecule has 0 atom stereocenters. The lowest BCUT2D eigenvalue weighted by Gasteiger charge is -2.11. The second-order valence-corrected chi connectivity index (χ2v) is 6.36. The monoisotopic (exact) mass is 356 g/mol. The van der Waals surface area contributed by atoms with Gasteiger partial charge in [-0.1, -0.05) is 25.0 Å². The van der Waals surface area contributed by atoms with Gasteiger partial charge in [-0.3, -0.25) is 24.3 Å². The lowest BCUT2D eigenvalue weighted by atomic mass is 10.0. The molecule has 8 heteroatoms. The van der Waals surface area contributed by atoms with E-state index in [1.165, 1.54) is 41.9 Å². The van der Waals surface area contributed by atoms with Crippen molar-refractivity contribution in [2.45, 2.75) is 38.1 Å². The van der Waals surface area contributed by atoms with Gasteiger partial charge in [0.1, 0.15) is 5.56 Å². The van der Waals surface area contributed by atoms with Gasteiger partial charge in [0.25, 0.3) is 17.2 Å². The molecule has 1 aromatic carbocycles. The van der Waals surface area contributed by atoms with Gasteiger partial charge in [-0.25, -0.2) is 4.98 Å². The molecular formula is C18H20N4O4.